The molecule has 12 heavy (non-hydrogen) atoms. The molecule has 2 N–H and O–H groups in total. The predicted molar refractivity (Wildman–Crippen MR) is 49.6 cm³/mol. The fourth-order valence-electron chi connectivity index (χ4n) is 0.734. The lowest BCUT2D eigenvalue weighted by Gasteiger charge is -2.12. The summed E-state index contributed by atoms with van der Waals surface area (Å²) >= 11 is 6.93. The summed E-state index contributed by atoms with van der Waals surface area (Å²) in [6, 6.07) is 0. The van der Waals surface area contributed by atoms with E-state index < -0.39 is 0 Å². The number of thiazole rings is 1. The van der Waals surface area contributed by atoms with E-state index in [0.29, 0.717) is 10.3 Å². The summed E-state index contributed by atoms with van der Waals surface area (Å²) in [7, 11) is 1.73. The number of anilines is 1. The van der Waals surface area contributed by atoms with Crippen LogP contribution in [0.4, 0.5) is 5.82 Å². The van der Waals surface area contributed by atoms with Gasteiger partial charge in [0.1, 0.15) is 5.82 Å². The van der Waals surface area contributed by atoms with Gasteiger partial charge in [0.25, 0.3) is 0 Å². The summed E-state index contributed by atoms with van der Waals surface area (Å²) in [5.41, 5.74) is 5.00. The van der Waals surface area contributed by atoms with E-state index in [-0.39, 0.29) is 12.5 Å². The van der Waals surface area contributed by atoms with E-state index in [4.69, 9.17) is 17.3 Å². The van der Waals surface area contributed by atoms with Crippen molar-refractivity contribution in [2.24, 2.45) is 5.73 Å². The lowest BCUT2D eigenvalue weighted by atomic mass is 10.5. The Morgan fingerprint density at radius 3 is 3.00 bits per heavy atom. The molecule has 0 aromatic carbocycles. The number of rotatable bonds is 3. The molecule has 0 saturated heterocycles. The van der Waals surface area contributed by atoms with Crippen LogP contribution in [0.25, 0.3) is 0 Å². The Kier molecular flexibility index (Phi) is 2.88. The van der Waals surface area contributed by atoms with E-state index in [9.17, 15) is 4.79 Å². The van der Waals surface area contributed by atoms with Gasteiger partial charge in [-0.25, -0.2) is 4.98 Å². The number of aromatic nitrogens is 1. The molecule has 6 heteroatoms. The Balaban J connectivity index is 2.64. The van der Waals surface area contributed by atoms with Crippen LogP contribution in [0.2, 0.25) is 4.47 Å². The molecule has 1 aromatic rings. The second-order valence-electron chi connectivity index (χ2n) is 2.28. The topological polar surface area (TPSA) is 59.2 Å². The largest absolute Gasteiger partial charge is 0.368 e. The van der Waals surface area contributed by atoms with Crippen molar-refractivity contribution >= 4 is 34.7 Å². The zero-order chi connectivity index (χ0) is 9.14. The van der Waals surface area contributed by atoms with Gasteiger partial charge in [0.15, 0.2) is 4.47 Å². The molecule has 0 spiro atoms. The van der Waals surface area contributed by atoms with E-state index in [2.05, 4.69) is 4.98 Å². The SMILES string of the molecule is CN(CC(N)=O)c1csc(Cl)n1. The van der Waals surface area contributed by atoms with Crippen LogP contribution in [0.15, 0.2) is 5.38 Å². The Hall–Kier alpha value is -0.810. The molecule has 1 aromatic heterocycles. The van der Waals surface area contributed by atoms with Crippen molar-refractivity contribution in [3.05, 3.63) is 9.85 Å². The second-order valence-corrected chi connectivity index (χ2v) is 3.72. The third-order valence-electron chi connectivity index (χ3n) is 1.25. The van der Waals surface area contributed by atoms with E-state index in [1.54, 1.807) is 17.3 Å². The molecular weight excluding hydrogens is 198 g/mol. The van der Waals surface area contributed by atoms with E-state index in [1.807, 2.05) is 0 Å². The average molecular weight is 206 g/mol. The highest BCUT2D eigenvalue weighted by atomic mass is 35.5. The van der Waals surface area contributed by atoms with Crippen LogP contribution in [-0.2, 0) is 4.79 Å². The van der Waals surface area contributed by atoms with Gasteiger partial charge in [0, 0.05) is 12.4 Å². The fraction of sp³-hybridized carbons (Fsp3) is 0.333. The van der Waals surface area contributed by atoms with Gasteiger partial charge < -0.3 is 10.6 Å². The van der Waals surface area contributed by atoms with Crippen molar-refractivity contribution in [2.45, 2.75) is 0 Å². The molecule has 0 fully saturated rings. The molecule has 0 radical (unpaired) electrons. The van der Waals surface area contributed by atoms with Crippen molar-refractivity contribution in [2.75, 3.05) is 18.5 Å². The van der Waals surface area contributed by atoms with Gasteiger partial charge in [-0.3, -0.25) is 4.79 Å². The maximum atomic E-state index is 10.5. The van der Waals surface area contributed by atoms with Gasteiger partial charge in [-0.05, 0) is 0 Å². The number of hydrogen-bond donors (Lipinski definition) is 1. The zero-order valence-corrected chi connectivity index (χ0v) is 8.02. The highest BCUT2D eigenvalue weighted by Gasteiger charge is 2.06. The van der Waals surface area contributed by atoms with Crippen molar-refractivity contribution in [3.8, 4) is 0 Å². The average Bonchev–Trinajstić information content (AvgIpc) is 2.34. The van der Waals surface area contributed by atoms with Crippen LogP contribution in [0.3, 0.4) is 0 Å². The predicted octanol–water partition coefficient (Wildman–Crippen LogP) is 0.718. The minimum atomic E-state index is -0.387. The molecule has 1 rings (SSSR count). The van der Waals surface area contributed by atoms with Crippen LogP contribution < -0.4 is 10.6 Å². The number of hydrogen-bond acceptors (Lipinski definition) is 4. The third-order valence-corrected chi connectivity index (χ3v) is 2.21. The maximum absolute atomic E-state index is 10.5. The summed E-state index contributed by atoms with van der Waals surface area (Å²) in [5, 5.41) is 1.77. The van der Waals surface area contributed by atoms with E-state index in [0.717, 1.165) is 0 Å². The molecular formula is C6H8ClN3OS. The molecule has 0 unspecified atom stereocenters. The van der Waals surface area contributed by atoms with Crippen LogP contribution >= 0.6 is 22.9 Å². The normalized spacial score (nSPS) is 9.83. The third kappa shape index (κ3) is 2.35. The minimum Gasteiger partial charge on any atom is -0.368 e. The monoisotopic (exact) mass is 205 g/mol. The lowest BCUT2D eigenvalue weighted by Crippen LogP contribution is -2.30. The second kappa shape index (κ2) is 3.73. The molecule has 0 aliphatic rings. The number of halogens is 1. The quantitative estimate of drug-likeness (QED) is 0.791. The van der Waals surface area contributed by atoms with Crippen molar-refractivity contribution in [3.63, 3.8) is 0 Å². The summed E-state index contributed by atoms with van der Waals surface area (Å²) in [6.07, 6.45) is 0. The summed E-state index contributed by atoms with van der Waals surface area (Å²) in [4.78, 5) is 16.1. The molecule has 66 valence electrons. The number of likely N-dealkylation sites (N-methyl/N-ethyl adjacent to an activating group) is 1. The number of carbonyl (C=O) groups excluding carboxylic acids is 1. The Bertz CT molecular complexity index is 288. The van der Waals surface area contributed by atoms with Gasteiger partial charge in [-0.15, -0.1) is 11.3 Å². The molecule has 0 saturated carbocycles. The number of primary amides is 1. The number of nitrogens with zero attached hydrogens (tertiary/aromatic N) is 2. The summed E-state index contributed by atoms with van der Waals surface area (Å²) < 4.78 is 0.460. The first-order valence-corrected chi connectivity index (χ1v) is 4.46. The van der Waals surface area contributed by atoms with Gasteiger partial charge in [-0.2, -0.15) is 0 Å². The first-order chi connectivity index (χ1) is 5.59. The molecule has 0 aliphatic heterocycles. The van der Waals surface area contributed by atoms with Crippen LogP contribution in [-0.4, -0.2) is 24.5 Å². The molecule has 0 atom stereocenters. The highest BCUT2D eigenvalue weighted by molar-refractivity contribution is 7.14. The lowest BCUT2D eigenvalue weighted by molar-refractivity contribution is -0.116. The van der Waals surface area contributed by atoms with Gasteiger partial charge in [0.2, 0.25) is 5.91 Å². The first kappa shape index (κ1) is 9.28. The van der Waals surface area contributed by atoms with E-state index >= 15 is 0 Å². The number of nitrogens with two attached hydrogens (primary N) is 1. The van der Waals surface area contributed by atoms with Crippen LogP contribution in [0.5, 0.6) is 0 Å². The number of carbonyl (C=O) groups is 1. The molecule has 1 amide bonds. The summed E-state index contributed by atoms with van der Waals surface area (Å²) in [6.45, 7) is 0.153. The zero-order valence-electron chi connectivity index (χ0n) is 6.45. The smallest absolute Gasteiger partial charge is 0.236 e. The fourth-order valence-corrected chi connectivity index (χ4v) is 1.54. The van der Waals surface area contributed by atoms with Gasteiger partial charge in [0.05, 0.1) is 6.54 Å². The first-order valence-electron chi connectivity index (χ1n) is 3.20. The van der Waals surface area contributed by atoms with Crippen LogP contribution in [0.1, 0.15) is 0 Å². The molecule has 0 aliphatic carbocycles. The van der Waals surface area contributed by atoms with E-state index in [1.165, 1.54) is 11.3 Å². The van der Waals surface area contributed by atoms with Crippen molar-refractivity contribution in [1.82, 2.24) is 4.98 Å². The van der Waals surface area contributed by atoms with Gasteiger partial charge in [-0.1, -0.05) is 11.6 Å². The Morgan fingerprint density at radius 2 is 2.58 bits per heavy atom. The molecule has 1 heterocycles. The summed E-state index contributed by atoms with van der Waals surface area (Å²) in [5.74, 6) is 0.283. The Labute approximate surface area is 79.0 Å². The molecule has 0 bridgehead atoms. The maximum Gasteiger partial charge on any atom is 0.236 e. The highest BCUT2D eigenvalue weighted by Crippen LogP contribution is 2.20. The molecule has 4 nitrogen and oxygen atoms in total. The Morgan fingerprint density at radius 1 is 1.92 bits per heavy atom. The van der Waals surface area contributed by atoms with Gasteiger partial charge >= 0.3 is 0 Å². The number of amides is 1. The van der Waals surface area contributed by atoms with Crippen LogP contribution in [0, 0.1) is 0 Å². The van der Waals surface area contributed by atoms with Crippen molar-refractivity contribution in [1.29, 1.82) is 0 Å². The minimum absolute atomic E-state index is 0.153. The standard InChI is InChI=1S/C6H8ClN3OS/c1-10(2-4(8)11)5-3-12-6(7)9-5/h3H,2H2,1H3,(H2,8,11). The van der Waals surface area contributed by atoms with Crippen molar-refractivity contribution < 1.29 is 4.79 Å².